The van der Waals surface area contributed by atoms with E-state index in [-0.39, 0.29) is 23.9 Å². The highest BCUT2D eigenvalue weighted by Crippen LogP contribution is 2.23. The van der Waals surface area contributed by atoms with Crippen LogP contribution < -0.4 is 5.56 Å². The highest BCUT2D eigenvalue weighted by molar-refractivity contribution is 5.94. The average molecular weight is 334 g/mol. The smallest absolute Gasteiger partial charge is 0.303 e. The van der Waals surface area contributed by atoms with Crippen molar-refractivity contribution >= 4 is 11.9 Å². The molecule has 1 amide bonds. The monoisotopic (exact) mass is 334 g/mol. The van der Waals surface area contributed by atoms with Crippen LogP contribution in [0.5, 0.6) is 0 Å². The Labute approximate surface area is 141 Å². The number of carbonyl (C=O) groups is 2. The molecule has 2 heterocycles. The maximum Gasteiger partial charge on any atom is 0.303 e. The summed E-state index contributed by atoms with van der Waals surface area (Å²) in [7, 11) is 0. The maximum absolute atomic E-state index is 12.9. The first kappa shape index (κ1) is 18.2. The Hall–Kier alpha value is -2.11. The van der Waals surface area contributed by atoms with E-state index in [1.54, 1.807) is 11.0 Å². The Morgan fingerprint density at radius 1 is 1.33 bits per heavy atom. The molecular formula is C18H26N2O4. The van der Waals surface area contributed by atoms with Crippen molar-refractivity contribution in [1.82, 2.24) is 9.88 Å². The molecule has 1 aliphatic rings. The molecule has 1 saturated heterocycles. The number of aliphatic carboxylic acids is 1. The van der Waals surface area contributed by atoms with Crippen LogP contribution in [-0.2, 0) is 11.2 Å². The normalized spacial score (nSPS) is 18.0. The van der Waals surface area contributed by atoms with E-state index in [4.69, 9.17) is 5.11 Å². The molecule has 1 aliphatic heterocycles. The van der Waals surface area contributed by atoms with E-state index in [2.05, 4.69) is 18.8 Å². The number of nitrogens with zero attached hydrogens (tertiary/aromatic N) is 1. The Morgan fingerprint density at radius 3 is 2.75 bits per heavy atom. The maximum atomic E-state index is 12.9. The number of hydrogen-bond acceptors (Lipinski definition) is 3. The zero-order valence-electron chi connectivity index (χ0n) is 14.4. The van der Waals surface area contributed by atoms with E-state index in [0.717, 1.165) is 25.0 Å². The number of aromatic amines is 1. The number of pyridine rings is 1. The first-order chi connectivity index (χ1) is 11.4. The number of carboxylic acids is 1. The summed E-state index contributed by atoms with van der Waals surface area (Å²) in [5.74, 6) is -0.631. The molecule has 132 valence electrons. The molecule has 0 saturated carbocycles. The Balaban J connectivity index is 2.20. The number of carboxylic acid groups (broad SMARTS) is 1. The molecule has 6 heteroatoms. The van der Waals surface area contributed by atoms with Crippen LogP contribution >= 0.6 is 0 Å². The fraction of sp³-hybridized carbons (Fsp3) is 0.611. The number of amides is 1. The van der Waals surface area contributed by atoms with Gasteiger partial charge in [0.1, 0.15) is 0 Å². The fourth-order valence-electron chi connectivity index (χ4n) is 3.30. The number of H-pyrrole nitrogens is 1. The van der Waals surface area contributed by atoms with Crippen molar-refractivity contribution in [2.45, 2.75) is 58.4 Å². The summed E-state index contributed by atoms with van der Waals surface area (Å²) >= 11 is 0. The van der Waals surface area contributed by atoms with Gasteiger partial charge in [0, 0.05) is 36.3 Å². The topological polar surface area (TPSA) is 90.5 Å². The van der Waals surface area contributed by atoms with E-state index in [1.165, 1.54) is 6.07 Å². The predicted octanol–water partition coefficient (Wildman–Crippen LogP) is 2.43. The second-order valence-corrected chi connectivity index (χ2v) is 6.94. The lowest BCUT2D eigenvalue weighted by atomic mass is 9.96. The molecule has 2 rings (SSSR count). The molecule has 6 nitrogen and oxygen atoms in total. The third-order valence-corrected chi connectivity index (χ3v) is 4.35. The van der Waals surface area contributed by atoms with Crippen LogP contribution in [0.1, 0.15) is 62.0 Å². The molecule has 2 N–H and O–H groups in total. The Kier molecular flexibility index (Phi) is 6.17. The minimum atomic E-state index is -0.844. The first-order valence-electron chi connectivity index (χ1n) is 8.63. The Bertz CT molecular complexity index is 651. The van der Waals surface area contributed by atoms with Crippen molar-refractivity contribution in [3.8, 4) is 0 Å². The number of nitrogens with one attached hydrogen (secondary N) is 1. The predicted molar refractivity (Wildman–Crippen MR) is 91.2 cm³/mol. The molecule has 24 heavy (non-hydrogen) atoms. The van der Waals surface area contributed by atoms with Gasteiger partial charge in [0.15, 0.2) is 0 Å². The van der Waals surface area contributed by atoms with Gasteiger partial charge in [0.05, 0.1) is 0 Å². The molecule has 1 atom stereocenters. The number of likely N-dealkylation sites (tertiary alicyclic amines) is 1. The van der Waals surface area contributed by atoms with E-state index < -0.39 is 5.97 Å². The molecule has 1 fully saturated rings. The summed E-state index contributed by atoms with van der Waals surface area (Å²) in [4.78, 5) is 40.1. The number of rotatable bonds is 6. The number of hydrogen-bond donors (Lipinski definition) is 2. The van der Waals surface area contributed by atoms with Crippen molar-refractivity contribution in [2.24, 2.45) is 5.92 Å². The standard InChI is InChI=1S/C18H26N2O4/c1-12(2)9-14-10-13(11-16(21)19-14)18(24)20-8-4-3-5-15(20)6-7-17(22)23/h10-12,15H,3-9H2,1-2H3,(H,19,21)(H,22,23). The highest BCUT2D eigenvalue weighted by atomic mass is 16.4. The highest BCUT2D eigenvalue weighted by Gasteiger charge is 2.28. The van der Waals surface area contributed by atoms with E-state index in [0.29, 0.717) is 30.9 Å². The molecule has 0 bridgehead atoms. The third kappa shape index (κ3) is 4.94. The minimum absolute atomic E-state index is 0.0580. The Morgan fingerprint density at radius 2 is 2.08 bits per heavy atom. The number of carbonyl (C=O) groups excluding carboxylic acids is 1. The van der Waals surface area contributed by atoms with Gasteiger partial charge in [0.2, 0.25) is 5.56 Å². The van der Waals surface area contributed by atoms with Gasteiger partial charge in [-0.2, -0.15) is 0 Å². The summed E-state index contributed by atoms with van der Waals surface area (Å²) in [6.07, 6.45) is 3.96. The third-order valence-electron chi connectivity index (χ3n) is 4.35. The van der Waals surface area contributed by atoms with Crippen molar-refractivity contribution in [1.29, 1.82) is 0 Å². The van der Waals surface area contributed by atoms with E-state index in [9.17, 15) is 14.4 Å². The van der Waals surface area contributed by atoms with Crippen molar-refractivity contribution in [2.75, 3.05) is 6.54 Å². The van der Waals surface area contributed by atoms with Crippen LogP contribution in [0.4, 0.5) is 0 Å². The molecule has 1 aromatic rings. The average Bonchev–Trinajstić information content (AvgIpc) is 2.51. The summed E-state index contributed by atoms with van der Waals surface area (Å²) in [6, 6.07) is 3.04. The molecular weight excluding hydrogens is 308 g/mol. The van der Waals surface area contributed by atoms with Crippen LogP contribution in [0.25, 0.3) is 0 Å². The van der Waals surface area contributed by atoms with Gasteiger partial charge in [-0.3, -0.25) is 14.4 Å². The largest absolute Gasteiger partial charge is 0.481 e. The lowest BCUT2D eigenvalue weighted by Gasteiger charge is -2.35. The lowest BCUT2D eigenvalue weighted by molar-refractivity contribution is -0.137. The minimum Gasteiger partial charge on any atom is -0.481 e. The van der Waals surface area contributed by atoms with Crippen molar-refractivity contribution in [3.05, 3.63) is 33.7 Å². The van der Waals surface area contributed by atoms with Crippen LogP contribution in [0.15, 0.2) is 16.9 Å². The molecule has 0 aliphatic carbocycles. The molecule has 1 aromatic heterocycles. The summed E-state index contributed by atoms with van der Waals surface area (Å²) in [5, 5.41) is 8.89. The van der Waals surface area contributed by atoms with Gasteiger partial charge in [-0.15, -0.1) is 0 Å². The molecule has 0 aromatic carbocycles. The van der Waals surface area contributed by atoms with E-state index >= 15 is 0 Å². The summed E-state index contributed by atoms with van der Waals surface area (Å²) < 4.78 is 0. The number of piperidine rings is 1. The second-order valence-electron chi connectivity index (χ2n) is 6.94. The van der Waals surface area contributed by atoms with Gasteiger partial charge in [0.25, 0.3) is 5.91 Å². The van der Waals surface area contributed by atoms with Crippen LogP contribution in [0.2, 0.25) is 0 Å². The SMILES string of the molecule is CC(C)Cc1cc(C(=O)N2CCCCC2CCC(=O)O)cc(=O)[nH]1. The van der Waals surface area contributed by atoms with Gasteiger partial charge < -0.3 is 15.0 Å². The first-order valence-corrected chi connectivity index (χ1v) is 8.63. The van der Waals surface area contributed by atoms with Crippen molar-refractivity contribution < 1.29 is 14.7 Å². The van der Waals surface area contributed by atoms with Gasteiger partial charge in [-0.05, 0) is 44.1 Å². The van der Waals surface area contributed by atoms with Crippen LogP contribution in [0.3, 0.4) is 0 Å². The summed E-state index contributed by atoms with van der Waals surface area (Å²) in [5.41, 5.74) is 0.896. The van der Waals surface area contributed by atoms with Crippen LogP contribution in [-0.4, -0.2) is 39.5 Å². The van der Waals surface area contributed by atoms with E-state index in [1.807, 2.05) is 0 Å². The molecule has 0 spiro atoms. The zero-order chi connectivity index (χ0) is 17.7. The lowest BCUT2D eigenvalue weighted by Crippen LogP contribution is -2.44. The van der Waals surface area contributed by atoms with Gasteiger partial charge >= 0.3 is 5.97 Å². The van der Waals surface area contributed by atoms with Gasteiger partial charge in [-0.1, -0.05) is 13.8 Å². The zero-order valence-corrected chi connectivity index (χ0v) is 14.4. The second kappa shape index (κ2) is 8.13. The number of aromatic nitrogens is 1. The quantitative estimate of drug-likeness (QED) is 0.836. The van der Waals surface area contributed by atoms with Crippen LogP contribution in [0, 0.1) is 5.92 Å². The summed E-state index contributed by atoms with van der Waals surface area (Å²) in [6.45, 7) is 4.73. The van der Waals surface area contributed by atoms with Crippen molar-refractivity contribution in [3.63, 3.8) is 0 Å². The fourth-order valence-corrected chi connectivity index (χ4v) is 3.30. The molecule has 0 radical (unpaired) electrons. The molecule has 1 unspecified atom stereocenters. The van der Waals surface area contributed by atoms with Gasteiger partial charge in [-0.25, -0.2) is 0 Å².